The molecule has 0 spiro atoms. The van der Waals surface area contributed by atoms with E-state index in [-0.39, 0.29) is 23.3 Å². The van der Waals surface area contributed by atoms with Gasteiger partial charge in [-0.25, -0.2) is 9.37 Å². The number of para-hydroxylation sites is 1. The molecule has 0 N–H and O–H groups in total. The van der Waals surface area contributed by atoms with Crippen LogP contribution in [0.15, 0.2) is 52.3 Å². The number of aromatic nitrogens is 2. The molecule has 2 fully saturated rings. The van der Waals surface area contributed by atoms with E-state index in [2.05, 4.69) is 0 Å². The SMILES string of the molecule is CC[C@@H](C)N1C(=O)/C(=C/c2c(N3CCN(c4ccccc4F)CC3)nc3c(C)cccn3c2=O)SC1=S. The minimum Gasteiger partial charge on any atom is -0.366 e. The zero-order chi connectivity index (χ0) is 26.3. The first-order valence-electron chi connectivity index (χ1n) is 12.3. The van der Waals surface area contributed by atoms with Crippen molar-refractivity contribution in [1.29, 1.82) is 0 Å². The number of rotatable bonds is 5. The second-order valence-electron chi connectivity index (χ2n) is 9.27. The van der Waals surface area contributed by atoms with Crippen molar-refractivity contribution in [3.63, 3.8) is 0 Å². The van der Waals surface area contributed by atoms with Gasteiger partial charge in [0.25, 0.3) is 11.5 Å². The van der Waals surface area contributed by atoms with Crippen molar-refractivity contribution in [2.75, 3.05) is 36.0 Å². The number of anilines is 2. The van der Waals surface area contributed by atoms with Crippen LogP contribution in [0.5, 0.6) is 0 Å². The molecule has 2 aliphatic rings. The van der Waals surface area contributed by atoms with Crippen molar-refractivity contribution >= 4 is 57.4 Å². The Hall–Kier alpha value is -3.24. The number of carbonyl (C=O) groups is 1. The summed E-state index contributed by atoms with van der Waals surface area (Å²) in [5.41, 5.74) is 2.13. The van der Waals surface area contributed by atoms with E-state index in [4.69, 9.17) is 17.2 Å². The summed E-state index contributed by atoms with van der Waals surface area (Å²) >= 11 is 6.71. The van der Waals surface area contributed by atoms with E-state index in [0.29, 0.717) is 58.1 Å². The zero-order valence-corrected chi connectivity index (χ0v) is 22.6. The first-order chi connectivity index (χ1) is 17.8. The maximum Gasteiger partial charge on any atom is 0.267 e. The Morgan fingerprint density at radius 2 is 1.81 bits per heavy atom. The van der Waals surface area contributed by atoms with E-state index in [1.54, 1.807) is 29.3 Å². The molecule has 5 rings (SSSR count). The summed E-state index contributed by atoms with van der Waals surface area (Å²) in [6, 6.07) is 10.4. The predicted octanol–water partition coefficient (Wildman–Crippen LogP) is 4.47. The normalized spacial score (nSPS) is 18.4. The van der Waals surface area contributed by atoms with E-state index in [1.807, 2.05) is 48.8 Å². The monoisotopic (exact) mass is 537 g/mol. The number of hydrogen-bond acceptors (Lipinski definition) is 7. The Morgan fingerprint density at radius 3 is 2.51 bits per heavy atom. The number of piperazine rings is 1. The Labute approximate surface area is 224 Å². The molecule has 0 saturated carbocycles. The first-order valence-corrected chi connectivity index (χ1v) is 13.6. The van der Waals surface area contributed by atoms with Gasteiger partial charge in [0.1, 0.15) is 21.6 Å². The maximum absolute atomic E-state index is 14.4. The van der Waals surface area contributed by atoms with E-state index in [1.165, 1.54) is 22.2 Å². The van der Waals surface area contributed by atoms with Crippen LogP contribution in [0.2, 0.25) is 0 Å². The van der Waals surface area contributed by atoms with Crippen molar-refractivity contribution in [2.24, 2.45) is 0 Å². The summed E-state index contributed by atoms with van der Waals surface area (Å²) in [5.74, 6) is 0.0902. The van der Waals surface area contributed by atoms with Gasteiger partial charge in [-0.15, -0.1) is 0 Å². The Kier molecular flexibility index (Phi) is 7.04. The van der Waals surface area contributed by atoms with E-state index >= 15 is 0 Å². The number of thioether (sulfide) groups is 1. The number of hydrogen-bond donors (Lipinski definition) is 0. The third kappa shape index (κ3) is 4.64. The van der Waals surface area contributed by atoms with Gasteiger partial charge in [0.05, 0.1) is 16.2 Å². The molecule has 1 aromatic carbocycles. The van der Waals surface area contributed by atoms with Crippen LogP contribution in [0.3, 0.4) is 0 Å². The quantitative estimate of drug-likeness (QED) is 0.352. The average molecular weight is 538 g/mol. The molecule has 1 amide bonds. The molecule has 0 aliphatic carbocycles. The average Bonchev–Trinajstić information content (AvgIpc) is 3.18. The Bertz CT molecular complexity index is 1480. The summed E-state index contributed by atoms with van der Waals surface area (Å²) in [6.45, 7) is 8.14. The number of nitrogens with zero attached hydrogens (tertiary/aromatic N) is 5. The summed E-state index contributed by atoms with van der Waals surface area (Å²) in [7, 11) is 0. The third-order valence-electron chi connectivity index (χ3n) is 6.97. The lowest BCUT2D eigenvalue weighted by atomic mass is 10.1. The lowest BCUT2D eigenvalue weighted by Crippen LogP contribution is -2.47. The molecular weight excluding hydrogens is 509 g/mol. The van der Waals surface area contributed by atoms with E-state index < -0.39 is 0 Å². The zero-order valence-electron chi connectivity index (χ0n) is 21.0. The molecule has 4 heterocycles. The van der Waals surface area contributed by atoms with Crippen LogP contribution in [0.25, 0.3) is 11.7 Å². The topological polar surface area (TPSA) is 61.2 Å². The minimum absolute atomic E-state index is 0.0252. The maximum atomic E-state index is 14.4. The van der Waals surface area contributed by atoms with Crippen molar-refractivity contribution in [3.8, 4) is 0 Å². The molecule has 10 heteroatoms. The van der Waals surface area contributed by atoms with Crippen LogP contribution in [-0.4, -0.2) is 56.7 Å². The van der Waals surface area contributed by atoms with Crippen molar-refractivity contribution in [3.05, 3.63) is 74.8 Å². The van der Waals surface area contributed by atoms with E-state index in [9.17, 15) is 14.0 Å². The smallest absolute Gasteiger partial charge is 0.267 e. The van der Waals surface area contributed by atoms with Crippen LogP contribution >= 0.6 is 24.0 Å². The lowest BCUT2D eigenvalue weighted by molar-refractivity contribution is -0.123. The molecule has 2 saturated heterocycles. The van der Waals surface area contributed by atoms with Crippen LogP contribution in [-0.2, 0) is 4.79 Å². The second kappa shape index (κ2) is 10.3. The summed E-state index contributed by atoms with van der Waals surface area (Å²) in [6.07, 6.45) is 4.11. The predicted molar refractivity (Wildman–Crippen MR) is 152 cm³/mol. The fourth-order valence-electron chi connectivity index (χ4n) is 4.71. The van der Waals surface area contributed by atoms with Crippen LogP contribution in [0.1, 0.15) is 31.4 Å². The van der Waals surface area contributed by atoms with Gasteiger partial charge in [-0.2, -0.15) is 0 Å². The van der Waals surface area contributed by atoms with Crippen molar-refractivity contribution < 1.29 is 9.18 Å². The molecular formula is C27H28FN5O2S2. The second-order valence-corrected chi connectivity index (χ2v) is 10.9. The number of carbonyl (C=O) groups excluding carboxylic acids is 1. The van der Waals surface area contributed by atoms with Crippen molar-refractivity contribution in [2.45, 2.75) is 33.2 Å². The number of amides is 1. The number of halogens is 1. The lowest BCUT2D eigenvalue weighted by Gasteiger charge is -2.37. The van der Waals surface area contributed by atoms with Gasteiger partial charge in [0.15, 0.2) is 0 Å². The standard InChI is InChI=1S/C27H28FN5O2S2/c1-4-18(3)33-26(35)22(37-27(33)36)16-19-24(29-23-17(2)8-7-11-32(23)25(19)34)31-14-12-30(13-15-31)21-10-6-5-9-20(21)28/h5-11,16,18H,4,12-15H2,1-3H3/b22-16-/t18-/m1/s1. The molecule has 37 heavy (non-hydrogen) atoms. The molecule has 7 nitrogen and oxygen atoms in total. The number of pyridine rings is 1. The molecule has 0 radical (unpaired) electrons. The molecule has 0 unspecified atom stereocenters. The fourth-order valence-corrected chi connectivity index (χ4v) is 6.15. The number of thiocarbonyl (C=S) groups is 1. The summed E-state index contributed by atoms with van der Waals surface area (Å²) in [5, 5.41) is 0. The van der Waals surface area contributed by atoms with Gasteiger partial charge in [-0.3, -0.25) is 18.9 Å². The van der Waals surface area contributed by atoms with Crippen LogP contribution < -0.4 is 15.4 Å². The van der Waals surface area contributed by atoms with Gasteiger partial charge in [-0.05, 0) is 50.1 Å². The summed E-state index contributed by atoms with van der Waals surface area (Å²) < 4.78 is 16.4. The highest BCUT2D eigenvalue weighted by molar-refractivity contribution is 8.26. The van der Waals surface area contributed by atoms with Crippen LogP contribution in [0.4, 0.5) is 15.9 Å². The number of aryl methyl sites for hydroxylation is 1. The molecule has 0 bridgehead atoms. The Balaban J connectivity index is 1.55. The molecule has 3 aromatic rings. The van der Waals surface area contributed by atoms with E-state index in [0.717, 1.165) is 12.0 Å². The highest BCUT2D eigenvalue weighted by atomic mass is 32.2. The van der Waals surface area contributed by atoms with Gasteiger partial charge in [0.2, 0.25) is 0 Å². The molecule has 192 valence electrons. The van der Waals surface area contributed by atoms with Gasteiger partial charge in [-0.1, -0.05) is 49.1 Å². The van der Waals surface area contributed by atoms with Gasteiger partial charge < -0.3 is 9.80 Å². The third-order valence-corrected chi connectivity index (χ3v) is 8.30. The summed E-state index contributed by atoms with van der Waals surface area (Å²) in [4.78, 5) is 38.0. The largest absolute Gasteiger partial charge is 0.366 e. The molecule has 1 atom stereocenters. The number of benzene rings is 1. The highest BCUT2D eigenvalue weighted by Gasteiger charge is 2.35. The van der Waals surface area contributed by atoms with Gasteiger partial charge >= 0.3 is 0 Å². The minimum atomic E-state index is -0.252. The number of fused-ring (bicyclic) bond motifs is 1. The van der Waals surface area contributed by atoms with Crippen molar-refractivity contribution in [1.82, 2.24) is 14.3 Å². The Morgan fingerprint density at radius 1 is 1.11 bits per heavy atom. The molecule has 2 aromatic heterocycles. The first kappa shape index (κ1) is 25.4. The molecule has 2 aliphatic heterocycles. The highest BCUT2D eigenvalue weighted by Crippen LogP contribution is 2.35. The van der Waals surface area contributed by atoms with Crippen LogP contribution in [0, 0.1) is 12.7 Å². The fraction of sp³-hybridized carbons (Fsp3) is 0.333. The van der Waals surface area contributed by atoms with Gasteiger partial charge in [0, 0.05) is 38.4 Å².